The number of hydrogen-bond donors (Lipinski definition) is 2. The zero-order chi connectivity index (χ0) is 28.0. The molecule has 32 heavy (non-hydrogen) atoms. The Balaban J connectivity index is 1.84. The Morgan fingerprint density at radius 2 is 2.09 bits per heavy atom. The smallest absolute Gasteiger partial charge is 0.306 e. The van der Waals surface area contributed by atoms with Crippen molar-refractivity contribution in [3.05, 3.63) is 23.8 Å². The van der Waals surface area contributed by atoms with Crippen LogP contribution < -0.4 is 0 Å². The second-order valence-electron chi connectivity index (χ2n) is 10.2. The summed E-state index contributed by atoms with van der Waals surface area (Å²) in [6, 6.07) is 0. The topological polar surface area (TPSA) is 101 Å². The van der Waals surface area contributed by atoms with Gasteiger partial charge in [0, 0.05) is 35.9 Å². The number of aliphatic hydroxyl groups is 2. The lowest BCUT2D eigenvalue weighted by atomic mass is 9.44. The minimum atomic E-state index is -3.45. The summed E-state index contributed by atoms with van der Waals surface area (Å²) >= 11 is 0. The maximum absolute atomic E-state index is 17.3. The van der Waals surface area contributed by atoms with Crippen LogP contribution in [0.15, 0.2) is 23.8 Å². The highest BCUT2D eigenvalue weighted by molar-refractivity contribution is 6.01. The van der Waals surface area contributed by atoms with Crippen molar-refractivity contribution in [2.45, 2.75) is 77.1 Å². The molecule has 4 aliphatic carbocycles. The SMILES string of the molecule is [2H]C([2H])([2H])C([2H])([2H])C(=O)O[C@]1(C(=O)CO)[C@@H](C)CC2[C@@H]3CCC4=CC(=O)C=C[C@]4(C)[C@@]3(F)[C@@H](O)C[C@@]21C. The molecule has 0 amide bonds. The molecule has 8 atom stereocenters. The zero-order valence-corrected chi connectivity index (χ0v) is 18.5. The Labute approximate surface area is 194 Å². The first-order chi connectivity index (χ1) is 16.8. The third-order valence-electron chi connectivity index (χ3n) is 9.09. The molecule has 0 spiro atoms. The van der Waals surface area contributed by atoms with Gasteiger partial charge in [-0.2, -0.15) is 0 Å². The van der Waals surface area contributed by atoms with Crippen molar-refractivity contribution in [3.63, 3.8) is 0 Å². The van der Waals surface area contributed by atoms with E-state index in [-0.39, 0.29) is 25.0 Å². The molecule has 0 heterocycles. The van der Waals surface area contributed by atoms with Gasteiger partial charge in [0.2, 0.25) is 5.78 Å². The number of carbonyl (C=O) groups is 3. The van der Waals surface area contributed by atoms with E-state index in [2.05, 4.69) is 0 Å². The van der Waals surface area contributed by atoms with Gasteiger partial charge in [-0.15, -0.1) is 0 Å². The average molecular weight is 454 g/mol. The fourth-order valence-corrected chi connectivity index (χ4v) is 7.69. The largest absolute Gasteiger partial charge is 0.450 e. The molecule has 0 aromatic carbocycles. The van der Waals surface area contributed by atoms with Crippen LogP contribution in [-0.2, 0) is 19.1 Å². The number of ketones is 2. The monoisotopic (exact) mass is 453 g/mol. The summed E-state index contributed by atoms with van der Waals surface area (Å²) in [6.45, 7) is 0.296. The molecule has 0 radical (unpaired) electrons. The number of Topliss-reactive ketones (excluding diaryl/α,β-unsaturated/α-hetero) is 1. The summed E-state index contributed by atoms with van der Waals surface area (Å²) in [7, 11) is 0. The summed E-state index contributed by atoms with van der Waals surface area (Å²) in [5, 5.41) is 21.3. The molecule has 2 N–H and O–H groups in total. The fraction of sp³-hybridized carbons (Fsp3) is 0.720. The fourth-order valence-electron chi connectivity index (χ4n) is 7.69. The van der Waals surface area contributed by atoms with E-state index in [0.29, 0.717) is 12.0 Å². The van der Waals surface area contributed by atoms with Crippen LogP contribution in [0.5, 0.6) is 0 Å². The maximum Gasteiger partial charge on any atom is 0.306 e. The third kappa shape index (κ3) is 2.61. The van der Waals surface area contributed by atoms with Crippen LogP contribution in [-0.4, -0.2) is 51.7 Å². The van der Waals surface area contributed by atoms with Gasteiger partial charge in [0.05, 0.1) is 6.10 Å². The van der Waals surface area contributed by atoms with Gasteiger partial charge in [-0.05, 0) is 50.7 Å². The van der Waals surface area contributed by atoms with Gasteiger partial charge in [0.25, 0.3) is 0 Å². The Kier molecular flexibility index (Phi) is 4.03. The lowest BCUT2D eigenvalue weighted by Crippen LogP contribution is -2.70. The molecule has 4 aliphatic rings. The number of aliphatic hydroxyl groups excluding tert-OH is 2. The molecule has 3 fully saturated rings. The number of allylic oxidation sites excluding steroid dienone is 4. The molecule has 4 rings (SSSR count). The minimum Gasteiger partial charge on any atom is -0.450 e. The molecule has 3 saturated carbocycles. The van der Waals surface area contributed by atoms with Gasteiger partial charge >= 0.3 is 5.97 Å². The predicted molar refractivity (Wildman–Crippen MR) is 114 cm³/mol. The van der Waals surface area contributed by atoms with E-state index in [1.165, 1.54) is 18.2 Å². The molecule has 0 aromatic heterocycles. The highest BCUT2D eigenvalue weighted by Crippen LogP contribution is 2.71. The standard InChI is InChI=1S/C25H33FO6/c1-5-21(31)32-25(20(30)13-27)14(2)10-18-17-7-6-15-11-16(28)8-9-22(15,3)24(17,26)19(29)12-23(18,25)4/h8-9,11,14,17-19,27,29H,5-7,10,12-13H2,1-4H3/t14-,17-,18?,19-,22-,23-,24-,25-/m0/s1/i1D3,5D2. The van der Waals surface area contributed by atoms with E-state index in [1.807, 2.05) is 0 Å². The van der Waals surface area contributed by atoms with Crippen molar-refractivity contribution in [1.29, 1.82) is 0 Å². The number of ether oxygens (including phenoxy) is 1. The molecule has 0 aromatic rings. The Hall–Kier alpha value is -1.86. The first-order valence-corrected chi connectivity index (χ1v) is 11.0. The van der Waals surface area contributed by atoms with Crippen molar-refractivity contribution in [2.24, 2.45) is 28.6 Å². The van der Waals surface area contributed by atoms with E-state index < -0.39 is 77.5 Å². The quantitative estimate of drug-likeness (QED) is 0.635. The summed E-state index contributed by atoms with van der Waals surface area (Å²) in [5.41, 5.74) is -6.54. The molecule has 0 bridgehead atoms. The first kappa shape index (κ1) is 17.6. The number of halogens is 1. The van der Waals surface area contributed by atoms with Gasteiger partial charge in [-0.3, -0.25) is 14.4 Å². The van der Waals surface area contributed by atoms with Gasteiger partial charge in [0.15, 0.2) is 17.1 Å². The molecular formula is C25H33FO6. The molecule has 0 saturated heterocycles. The van der Waals surface area contributed by atoms with Crippen LogP contribution in [0, 0.1) is 28.6 Å². The number of esters is 1. The van der Waals surface area contributed by atoms with E-state index in [0.717, 1.165) is 0 Å². The van der Waals surface area contributed by atoms with Crippen LogP contribution in [0.3, 0.4) is 0 Å². The van der Waals surface area contributed by atoms with Crippen molar-refractivity contribution < 1.29 is 40.6 Å². The first-order valence-electron chi connectivity index (χ1n) is 13.5. The number of carbonyl (C=O) groups excluding carboxylic acids is 3. The van der Waals surface area contributed by atoms with Crippen LogP contribution in [0.4, 0.5) is 4.39 Å². The maximum atomic E-state index is 17.3. The number of rotatable bonds is 4. The van der Waals surface area contributed by atoms with Crippen molar-refractivity contribution in [3.8, 4) is 0 Å². The number of fused-ring (bicyclic) bond motifs is 5. The third-order valence-corrected chi connectivity index (χ3v) is 9.09. The zero-order valence-electron chi connectivity index (χ0n) is 23.5. The van der Waals surface area contributed by atoms with Crippen molar-refractivity contribution in [2.75, 3.05) is 6.61 Å². The van der Waals surface area contributed by atoms with Gasteiger partial charge in [-0.25, -0.2) is 4.39 Å². The average Bonchev–Trinajstić information content (AvgIpc) is 3.01. The van der Waals surface area contributed by atoms with Crippen LogP contribution in [0.1, 0.15) is 66.5 Å². The molecule has 6 nitrogen and oxygen atoms in total. The van der Waals surface area contributed by atoms with Gasteiger partial charge < -0.3 is 14.9 Å². The summed E-state index contributed by atoms with van der Waals surface area (Å²) in [5.74, 6) is -5.28. The van der Waals surface area contributed by atoms with Crippen LogP contribution >= 0.6 is 0 Å². The van der Waals surface area contributed by atoms with E-state index in [4.69, 9.17) is 11.6 Å². The van der Waals surface area contributed by atoms with Crippen LogP contribution in [0.25, 0.3) is 0 Å². The Bertz CT molecular complexity index is 1100. The van der Waals surface area contributed by atoms with Crippen molar-refractivity contribution in [1.82, 2.24) is 0 Å². The van der Waals surface area contributed by atoms with Gasteiger partial charge in [-0.1, -0.05) is 32.3 Å². The summed E-state index contributed by atoms with van der Waals surface area (Å²) in [6.07, 6.45) is -0.537. The summed E-state index contributed by atoms with van der Waals surface area (Å²) < 4.78 is 60.9. The molecule has 1 unspecified atom stereocenters. The normalized spacial score (nSPS) is 50.4. The highest BCUT2D eigenvalue weighted by atomic mass is 19.1. The van der Waals surface area contributed by atoms with E-state index >= 15 is 4.39 Å². The Morgan fingerprint density at radius 1 is 1.38 bits per heavy atom. The second kappa shape index (κ2) is 7.32. The predicted octanol–water partition coefficient (Wildman–Crippen LogP) is 2.86. The van der Waals surface area contributed by atoms with E-state index in [1.54, 1.807) is 20.8 Å². The molecule has 176 valence electrons. The lowest BCUT2D eigenvalue weighted by Gasteiger charge is -2.62. The second-order valence-corrected chi connectivity index (χ2v) is 10.2. The Morgan fingerprint density at radius 3 is 2.75 bits per heavy atom. The number of hydrogen-bond acceptors (Lipinski definition) is 6. The summed E-state index contributed by atoms with van der Waals surface area (Å²) in [4.78, 5) is 38.3. The van der Waals surface area contributed by atoms with E-state index in [9.17, 15) is 24.6 Å². The van der Waals surface area contributed by atoms with Crippen molar-refractivity contribution >= 4 is 17.5 Å². The minimum absolute atomic E-state index is 0.160. The highest BCUT2D eigenvalue weighted by Gasteiger charge is 2.77. The molecular weight excluding hydrogens is 415 g/mol. The van der Waals surface area contributed by atoms with Gasteiger partial charge in [0.1, 0.15) is 6.61 Å². The lowest BCUT2D eigenvalue weighted by molar-refractivity contribution is -0.228. The molecule has 7 heteroatoms. The van der Waals surface area contributed by atoms with Crippen LogP contribution in [0.2, 0.25) is 0 Å². The number of alkyl halides is 1. The molecule has 0 aliphatic heterocycles.